The van der Waals surface area contributed by atoms with Crippen LogP contribution in [0.5, 0.6) is 0 Å². The monoisotopic (exact) mass is 355 g/mol. The average Bonchev–Trinajstić information content (AvgIpc) is 2.48. The highest BCUT2D eigenvalue weighted by molar-refractivity contribution is 9.10. The first kappa shape index (κ1) is 16.5. The van der Waals surface area contributed by atoms with Crippen LogP contribution in [0, 0.1) is 11.8 Å². The Bertz CT molecular complexity index is 507. The summed E-state index contributed by atoms with van der Waals surface area (Å²) in [5, 5.41) is 7.57. The molecule has 4 nitrogen and oxygen atoms in total. The molecule has 0 radical (unpaired) electrons. The number of hydrogen-bond donors (Lipinski definition) is 1. The van der Waals surface area contributed by atoms with Crippen molar-refractivity contribution in [3.8, 4) is 0 Å². The van der Waals surface area contributed by atoms with Crippen molar-refractivity contribution in [2.24, 2.45) is 11.8 Å². The van der Waals surface area contributed by atoms with Gasteiger partial charge in [0.05, 0.1) is 11.9 Å². The van der Waals surface area contributed by atoms with Crippen molar-refractivity contribution in [2.75, 3.05) is 11.9 Å². The van der Waals surface area contributed by atoms with Crippen molar-refractivity contribution in [2.45, 2.75) is 58.9 Å². The second-order valence-electron chi connectivity index (χ2n) is 6.24. The van der Waals surface area contributed by atoms with Crippen molar-refractivity contribution in [1.29, 1.82) is 0 Å². The summed E-state index contributed by atoms with van der Waals surface area (Å²) in [6.07, 6.45) is 9.26. The molecule has 1 N–H and O–H groups in total. The first-order valence-electron chi connectivity index (χ1n) is 8.11. The Balaban J connectivity index is 1.86. The van der Waals surface area contributed by atoms with E-state index in [0.29, 0.717) is 11.0 Å². The largest absolute Gasteiger partial charge is 0.383 e. The molecule has 0 unspecified atom stereocenters. The SMILES string of the molecule is CCCn1ncc(NCCC2CCC(C)CC2)c(Br)c1=O. The van der Waals surface area contributed by atoms with Crippen LogP contribution < -0.4 is 10.9 Å². The molecule has 1 aromatic heterocycles. The summed E-state index contributed by atoms with van der Waals surface area (Å²) in [6, 6.07) is 0. The number of aryl methyl sites for hydroxylation is 1. The number of anilines is 1. The smallest absolute Gasteiger partial charge is 0.283 e. The minimum atomic E-state index is -0.0478. The van der Waals surface area contributed by atoms with Gasteiger partial charge in [-0.1, -0.05) is 39.5 Å². The maximum Gasteiger partial charge on any atom is 0.283 e. The summed E-state index contributed by atoms with van der Waals surface area (Å²) in [5.41, 5.74) is 0.768. The fourth-order valence-corrected chi connectivity index (χ4v) is 3.44. The summed E-state index contributed by atoms with van der Waals surface area (Å²) in [5.74, 6) is 1.74. The van der Waals surface area contributed by atoms with E-state index in [1.54, 1.807) is 6.20 Å². The van der Waals surface area contributed by atoms with Gasteiger partial charge >= 0.3 is 0 Å². The summed E-state index contributed by atoms with van der Waals surface area (Å²) in [7, 11) is 0. The van der Waals surface area contributed by atoms with E-state index in [1.807, 2.05) is 6.92 Å². The van der Waals surface area contributed by atoms with Crippen molar-refractivity contribution in [3.63, 3.8) is 0 Å². The van der Waals surface area contributed by atoms with E-state index < -0.39 is 0 Å². The van der Waals surface area contributed by atoms with Crippen molar-refractivity contribution >= 4 is 21.6 Å². The summed E-state index contributed by atoms with van der Waals surface area (Å²) in [4.78, 5) is 12.1. The lowest BCUT2D eigenvalue weighted by Crippen LogP contribution is -2.24. The lowest BCUT2D eigenvalue weighted by molar-refractivity contribution is 0.282. The summed E-state index contributed by atoms with van der Waals surface area (Å²) in [6.45, 7) is 5.97. The highest BCUT2D eigenvalue weighted by Crippen LogP contribution is 2.30. The Morgan fingerprint density at radius 2 is 2.10 bits per heavy atom. The molecule has 5 heteroatoms. The molecular weight excluding hydrogens is 330 g/mol. The van der Waals surface area contributed by atoms with E-state index in [1.165, 1.54) is 36.8 Å². The molecule has 1 fully saturated rings. The molecule has 0 atom stereocenters. The van der Waals surface area contributed by atoms with Gasteiger partial charge in [0.1, 0.15) is 4.47 Å². The maximum atomic E-state index is 12.1. The minimum absolute atomic E-state index is 0.0478. The third-order valence-electron chi connectivity index (χ3n) is 4.42. The van der Waals surface area contributed by atoms with E-state index in [0.717, 1.165) is 30.5 Å². The van der Waals surface area contributed by atoms with Crippen LogP contribution >= 0.6 is 15.9 Å². The highest BCUT2D eigenvalue weighted by atomic mass is 79.9. The lowest BCUT2D eigenvalue weighted by atomic mass is 9.81. The van der Waals surface area contributed by atoms with E-state index in [-0.39, 0.29) is 5.56 Å². The Morgan fingerprint density at radius 3 is 2.76 bits per heavy atom. The Kier molecular flexibility index (Phi) is 6.27. The van der Waals surface area contributed by atoms with E-state index >= 15 is 0 Å². The number of rotatable bonds is 6. The lowest BCUT2D eigenvalue weighted by Gasteiger charge is -2.26. The predicted molar refractivity (Wildman–Crippen MR) is 90.7 cm³/mol. The zero-order valence-corrected chi connectivity index (χ0v) is 14.7. The van der Waals surface area contributed by atoms with Gasteiger partial charge in [-0.15, -0.1) is 0 Å². The predicted octanol–water partition coefficient (Wildman–Crippen LogP) is 4.04. The first-order valence-corrected chi connectivity index (χ1v) is 8.90. The quantitative estimate of drug-likeness (QED) is 0.837. The Morgan fingerprint density at radius 1 is 1.38 bits per heavy atom. The van der Waals surface area contributed by atoms with Gasteiger partial charge in [0.15, 0.2) is 0 Å². The Hall–Kier alpha value is -0.840. The zero-order chi connectivity index (χ0) is 15.2. The number of hydrogen-bond acceptors (Lipinski definition) is 3. The van der Waals surface area contributed by atoms with E-state index in [9.17, 15) is 4.79 Å². The van der Waals surface area contributed by atoms with Crippen molar-refractivity contribution in [3.05, 3.63) is 21.0 Å². The van der Waals surface area contributed by atoms with Crippen molar-refractivity contribution < 1.29 is 0 Å². The molecule has 1 heterocycles. The molecule has 1 saturated carbocycles. The van der Waals surface area contributed by atoms with Crippen LogP contribution in [0.25, 0.3) is 0 Å². The zero-order valence-electron chi connectivity index (χ0n) is 13.1. The van der Waals surface area contributed by atoms with Crippen LogP contribution in [0.2, 0.25) is 0 Å². The van der Waals surface area contributed by atoms with Gasteiger partial charge in [0, 0.05) is 13.1 Å². The molecule has 2 rings (SSSR count). The van der Waals surface area contributed by atoms with Gasteiger partial charge in [0.2, 0.25) is 0 Å². The molecule has 0 aromatic carbocycles. The molecule has 0 bridgehead atoms. The fraction of sp³-hybridized carbons (Fsp3) is 0.750. The molecule has 1 aliphatic rings. The van der Waals surface area contributed by atoms with Gasteiger partial charge in [-0.2, -0.15) is 5.10 Å². The molecule has 118 valence electrons. The minimum Gasteiger partial charge on any atom is -0.383 e. The molecule has 0 amide bonds. The third-order valence-corrected chi connectivity index (χ3v) is 5.19. The number of nitrogens with one attached hydrogen (secondary N) is 1. The van der Waals surface area contributed by atoms with E-state index in [2.05, 4.69) is 33.3 Å². The van der Waals surface area contributed by atoms with Crippen LogP contribution in [-0.4, -0.2) is 16.3 Å². The van der Waals surface area contributed by atoms with Crippen molar-refractivity contribution in [1.82, 2.24) is 9.78 Å². The third kappa shape index (κ3) is 4.56. The van der Waals surface area contributed by atoms with Gasteiger partial charge < -0.3 is 5.32 Å². The number of halogens is 1. The topological polar surface area (TPSA) is 46.9 Å². The van der Waals surface area contributed by atoms with E-state index in [4.69, 9.17) is 0 Å². The van der Waals surface area contributed by atoms with Gasteiger partial charge in [-0.3, -0.25) is 4.79 Å². The molecule has 0 saturated heterocycles. The Labute approximate surface area is 135 Å². The van der Waals surface area contributed by atoms with Crippen LogP contribution in [0.1, 0.15) is 52.4 Å². The van der Waals surface area contributed by atoms with Gasteiger partial charge in [-0.05, 0) is 40.6 Å². The average molecular weight is 356 g/mol. The molecule has 21 heavy (non-hydrogen) atoms. The first-order chi connectivity index (χ1) is 10.1. The molecule has 1 aromatic rings. The fourth-order valence-electron chi connectivity index (χ4n) is 2.99. The molecule has 1 aliphatic carbocycles. The van der Waals surface area contributed by atoms with Crippen LogP contribution in [0.4, 0.5) is 5.69 Å². The van der Waals surface area contributed by atoms with Crippen LogP contribution in [0.3, 0.4) is 0 Å². The normalized spacial score (nSPS) is 22.2. The second kappa shape index (κ2) is 7.97. The number of nitrogens with zero attached hydrogens (tertiary/aromatic N) is 2. The summed E-state index contributed by atoms with van der Waals surface area (Å²) < 4.78 is 2.11. The standard InChI is InChI=1S/C16H26BrN3O/c1-3-10-20-16(21)15(17)14(11-19-20)18-9-8-13-6-4-12(2)5-7-13/h11-13,18H,3-10H2,1-2H3. The van der Waals surface area contributed by atoms with Gasteiger partial charge in [-0.25, -0.2) is 4.68 Å². The summed E-state index contributed by atoms with van der Waals surface area (Å²) >= 11 is 3.40. The second-order valence-corrected chi connectivity index (χ2v) is 7.03. The van der Waals surface area contributed by atoms with Gasteiger partial charge in [0.25, 0.3) is 5.56 Å². The van der Waals surface area contributed by atoms with Crippen LogP contribution in [0.15, 0.2) is 15.5 Å². The molecule has 0 spiro atoms. The number of aromatic nitrogens is 2. The van der Waals surface area contributed by atoms with Crippen LogP contribution in [-0.2, 0) is 6.54 Å². The highest BCUT2D eigenvalue weighted by Gasteiger charge is 2.18. The molecular formula is C16H26BrN3O. The molecule has 0 aliphatic heterocycles. The maximum absolute atomic E-state index is 12.1.